The van der Waals surface area contributed by atoms with Crippen molar-refractivity contribution in [2.45, 2.75) is 12.1 Å². The maximum Gasteiger partial charge on any atom is 0.237 e. The fraction of sp³-hybridized carbons (Fsp3) is 0.136. The monoisotopic (exact) mass is 375 g/mol. The van der Waals surface area contributed by atoms with Crippen molar-refractivity contribution in [1.82, 2.24) is 9.97 Å². The maximum atomic E-state index is 12.7. The van der Waals surface area contributed by atoms with Gasteiger partial charge in [0.15, 0.2) is 5.16 Å². The predicted molar refractivity (Wildman–Crippen MR) is 112 cm³/mol. The van der Waals surface area contributed by atoms with Crippen LogP contribution in [0.5, 0.6) is 0 Å². The van der Waals surface area contributed by atoms with Crippen LogP contribution >= 0.6 is 11.8 Å². The second-order valence-electron chi connectivity index (χ2n) is 5.96. The lowest BCUT2D eigenvalue weighted by molar-refractivity contribution is -0.116. The second kappa shape index (κ2) is 9.14. The molecule has 5 heteroatoms. The SMILES string of the molecule is C=CCN(C(=O)CSc1nc(C)cc(-c2ccccc2)n1)c1ccccc1. The van der Waals surface area contributed by atoms with Crippen LogP contribution in [0.1, 0.15) is 5.69 Å². The molecule has 136 valence electrons. The summed E-state index contributed by atoms with van der Waals surface area (Å²) < 4.78 is 0. The molecular formula is C22H21N3OS. The van der Waals surface area contributed by atoms with Crippen LogP contribution in [0.15, 0.2) is 84.5 Å². The molecule has 3 rings (SSSR count). The number of amides is 1. The zero-order valence-corrected chi connectivity index (χ0v) is 16.0. The Kier molecular flexibility index (Phi) is 6.39. The van der Waals surface area contributed by atoms with Gasteiger partial charge in [0, 0.05) is 23.5 Å². The fourth-order valence-corrected chi connectivity index (χ4v) is 3.43. The topological polar surface area (TPSA) is 46.1 Å². The van der Waals surface area contributed by atoms with Crippen LogP contribution in [-0.4, -0.2) is 28.2 Å². The van der Waals surface area contributed by atoms with Gasteiger partial charge in [-0.05, 0) is 25.1 Å². The Balaban J connectivity index is 1.74. The predicted octanol–water partition coefficient (Wildman–Crippen LogP) is 4.76. The Morgan fingerprint density at radius 2 is 1.74 bits per heavy atom. The molecule has 27 heavy (non-hydrogen) atoms. The highest BCUT2D eigenvalue weighted by atomic mass is 32.2. The highest BCUT2D eigenvalue weighted by Crippen LogP contribution is 2.23. The Bertz CT molecular complexity index is 913. The molecule has 3 aromatic rings. The van der Waals surface area contributed by atoms with E-state index in [2.05, 4.69) is 16.5 Å². The number of aromatic nitrogens is 2. The van der Waals surface area contributed by atoms with E-state index in [1.165, 1.54) is 11.8 Å². The Morgan fingerprint density at radius 3 is 2.41 bits per heavy atom. The highest BCUT2D eigenvalue weighted by Gasteiger charge is 2.15. The standard InChI is InChI=1S/C22H21N3OS/c1-3-14-25(19-12-8-5-9-13-19)21(26)16-27-22-23-17(2)15-20(24-22)18-10-6-4-7-11-18/h3-13,15H,1,14,16H2,2H3. The van der Waals surface area contributed by atoms with E-state index in [1.54, 1.807) is 11.0 Å². The zero-order valence-electron chi connectivity index (χ0n) is 15.2. The van der Waals surface area contributed by atoms with Crippen LogP contribution < -0.4 is 4.90 Å². The summed E-state index contributed by atoms with van der Waals surface area (Å²) in [5, 5.41) is 0.605. The molecule has 0 radical (unpaired) electrons. The molecule has 0 bridgehead atoms. The number of nitrogens with zero attached hydrogens (tertiary/aromatic N) is 3. The van der Waals surface area contributed by atoms with Crippen LogP contribution in [0.3, 0.4) is 0 Å². The summed E-state index contributed by atoms with van der Waals surface area (Å²) in [4.78, 5) is 23.5. The van der Waals surface area contributed by atoms with Crippen LogP contribution in [-0.2, 0) is 4.79 Å². The van der Waals surface area contributed by atoms with Crippen molar-refractivity contribution < 1.29 is 4.79 Å². The first kappa shape index (κ1) is 18.9. The first-order valence-electron chi connectivity index (χ1n) is 8.67. The average Bonchev–Trinajstić information content (AvgIpc) is 2.71. The van der Waals surface area contributed by atoms with Gasteiger partial charge in [-0.15, -0.1) is 6.58 Å². The van der Waals surface area contributed by atoms with E-state index >= 15 is 0 Å². The maximum absolute atomic E-state index is 12.7. The average molecular weight is 375 g/mol. The minimum atomic E-state index is -0.00235. The third kappa shape index (κ3) is 5.05. The molecule has 0 unspecified atom stereocenters. The van der Waals surface area contributed by atoms with Crippen molar-refractivity contribution in [2.24, 2.45) is 0 Å². The number of hydrogen-bond donors (Lipinski definition) is 0. The van der Waals surface area contributed by atoms with Crippen molar-refractivity contribution in [3.05, 3.63) is 85.1 Å². The number of carbonyl (C=O) groups is 1. The van der Waals surface area contributed by atoms with Crippen LogP contribution in [0.4, 0.5) is 5.69 Å². The number of anilines is 1. The first-order valence-corrected chi connectivity index (χ1v) is 9.66. The number of para-hydroxylation sites is 1. The van der Waals surface area contributed by atoms with Gasteiger partial charge in [0.25, 0.3) is 0 Å². The third-order valence-electron chi connectivity index (χ3n) is 3.91. The lowest BCUT2D eigenvalue weighted by atomic mass is 10.1. The normalized spacial score (nSPS) is 10.4. The Hall–Kier alpha value is -2.92. The smallest absolute Gasteiger partial charge is 0.237 e. The molecule has 0 saturated carbocycles. The molecule has 4 nitrogen and oxygen atoms in total. The van der Waals surface area contributed by atoms with E-state index < -0.39 is 0 Å². The minimum Gasteiger partial charge on any atom is -0.308 e. The van der Waals surface area contributed by atoms with E-state index in [9.17, 15) is 4.79 Å². The van der Waals surface area contributed by atoms with E-state index in [1.807, 2.05) is 73.7 Å². The van der Waals surface area contributed by atoms with Crippen molar-refractivity contribution in [1.29, 1.82) is 0 Å². The van der Waals surface area contributed by atoms with Crippen LogP contribution in [0.2, 0.25) is 0 Å². The van der Waals surface area contributed by atoms with E-state index in [4.69, 9.17) is 0 Å². The molecule has 1 amide bonds. The van der Waals surface area contributed by atoms with Gasteiger partial charge < -0.3 is 4.90 Å². The molecule has 0 spiro atoms. The number of aryl methyl sites for hydroxylation is 1. The lowest BCUT2D eigenvalue weighted by Gasteiger charge is -2.21. The molecule has 0 saturated heterocycles. The Morgan fingerprint density at radius 1 is 1.07 bits per heavy atom. The molecule has 0 aliphatic carbocycles. The summed E-state index contributed by atoms with van der Waals surface area (Å²) in [5.41, 5.74) is 3.64. The molecule has 2 aromatic carbocycles. The lowest BCUT2D eigenvalue weighted by Crippen LogP contribution is -2.32. The Labute approximate surface area is 164 Å². The van der Waals surface area contributed by atoms with Crippen molar-refractivity contribution in [3.8, 4) is 11.3 Å². The van der Waals surface area contributed by atoms with Crippen molar-refractivity contribution >= 4 is 23.4 Å². The molecule has 0 atom stereocenters. The molecule has 1 aromatic heterocycles. The summed E-state index contributed by atoms with van der Waals surface area (Å²) in [6.07, 6.45) is 1.73. The summed E-state index contributed by atoms with van der Waals surface area (Å²) in [6, 6.07) is 21.5. The summed E-state index contributed by atoms with van der Waals surface area (Å²) >= 11 is 1.35. The van der Waals surface area contributed by atoms with Crippen LogP contribution in [0, 0.1) is 6.92 Å². The van der Waals surface area contributed by atoms with Crippen molar-refractivity contribution in [3.63, 3.8) is 0 Å². The van der Waals surface area contributed by atoms with Gasteiger partial charge in [-0.25, -0.2) is 9.97 Å². The zero-order chi connectivity index (χ0) is 19.1. The minimum absolute atomic E-state index is 0.00235. The second-order valence-corrected chi connectivity index (χ2v) is 6.90. The van der Waals surface area contributed by atoms with Crippen LogP contribution in [0.25, 0.3) is 11.3 Å². The number of hydrogen-bond acceptors (Lipinski definition) is 4. The molecule has 0 fully saturated rings. The van der Waals surface area contributed by atoms with E-state index in [-0.39, 0.29) is 11.7 Å². The quantitative estimate of drug-likeness (QED) is 0.339. The number of carbonyl (C=O) groups excluding carboxylic acids is 1. The highest BCUT2D eigenvalue weighted by molar-refractivity contribution is 7.99. The number of thioether (sulfide) groups is 1. The van der Waals surface area contributed by atoms with E-state index in [0.29, 0.717) is 11.7 Å². The summed E-state index contributed by atoms with van der Waals surface area (Å²) in [5.74, 6) is 0.262. The van der Waals surface area contributed by atoms with Gasteiger partial charge in [-0.3, -0.25) is 4.79 Å². The van der Waals surface area contributed by atoms with Gasteiger partial charge in [-0.2, -0.15) is 0 Å². The summed E-state index contributed by atoms with van der Waals surface area (Å²) in [6.45, 7) is 6.16. The largest absolute Gasteiger partial charge is 0.308 e. The number of rotatable bonds is 7. The molecule has 0 aliphatic heterocycles. The van der Waals surface area contributed by atoms with Gasteiger partial charge in [0.2, 0.25) is 5.91 Å². The van der Waals surface area contributed by atoms with Gasteiger partial charge >= 0.3 is 0 Å². The molecule has 0 aliphatic rings. The van der Waals surface area contributed by atoms with Gasteiger partial charge in [0.05, 0.1) is 11.4 Å². The van der Waals surface area contributed by atoms with Crippen molar-refractivity contribution in [2.75, 3.05) is 17.2 Å². The molecular weight excluding hydrogens is 354 g/mol. The van der Waals surface area contributed by atoms with Gasteiger partial charge in [0.1, 0.15) is 0 Å². The number of benzene rings is 2. The fourth-order valence-electron chi connectivity index (χ4n) is 2.66. The summed E-state index contributed by atoms with van der Waals surface area (Å²) in [7, 11) is 0. The molecule has 1 heterocycles. The van der Waals surface area contributed by atoms with E-state index in [0.717, 1.165) is 22.6 Å². The third-order valence-corrected chi connectivity index (χ3v) is 4.74. The van der Waals surface area contributed by atoms with Gasteiger partial charge in [-0.1, -0.05) is 66.4 Å². The molecule has 0 N–H and O–H groups in total. The first-order chi connectivity index (χ1) is 13.2.